The molecule has 10 heteroatoms. The monoisotopic (exact) mass is 471 g/mol. The van der Waals surface area contributed by atoms with Gasteiger partial charge in [0.25, 0.3) is 5.56 Å². The highest BCUT2D eigenvalue weighted by Crippen LogP contribution is 2.23. The fourth-order valence-electron chi connectivity index (χ4n) is 3.18. The van der Waals surface area contributed by atoms with Gasteiger partial charge in [-0.25, -0.2) is 14.1 Å². The van der Waals surface area contributed by atoms with Gasteiger partial charge in [-0.15, -0.1) is 0 Å². The quantitative estimate of drug-likeness (QED) is 0.336. The van der Waals surface area contributed by atoms with Gasteiger partial charge in [0.15, 0.2) is 10.8 Å². The number of benzene rings is 2. The van der Waals surface area contributed by atoms with Gasteiger partial charge in [0.05, 0.1) is 23.7 Å². The molecule has 0 saturated heterocycles. The van der Waals surface area contributed by atoms with Crippen LogP contribution in [0.5, 0.6) is 0 Å². The highest BCUT2D eigenvalue weighted by atomic mass is 35.5. The van der Waals surface area contributed by atoms with E-state index >= 15 is 0 Å². The number of rotatable bonds is 6. The van der Waals surface area contributed by atoms with Gasteiger partial charge in [-0.1, -0.05) is 41.6 Å². The second-order valence-corrected chi connectivity index (χ2v) is 8.57. The van der Waals surface area contributed by atoms with Crippen molar-refractivity contribution in [2.75, 3.05) is 12.8 Å². The maximum Gasteiger partial charge on any atom is 0.262 e. The summed E-state index contributed by atoms with van der Waals surface area (Å²) in [5, 5.41) is 5.44. The van der Waals surface area contributed by atoms with Crippen LogP contribution in [0, 0.1) is 5.82 Å². The van der Waals surface area contributed by atoms with E-state index in [2.05, 4.69) is 15.1 Å². The first-order chi connectivity index (χ1) is 15.3. The average Bonchev–Trinajstić information content (AvgIpc) is 3.21. The first-order valence-corrected chi connectivity index (χ1v) is 11.1. The molecule has 0 aliphatic heterocycles. The van der Waals surface area contributed by atoms with Crippen LogP contribution < -0.4 is 5.56 Å². The van der Waals surface area contributed by atoms with E-state index in [9.17, 15) is 14.0 Å². The molecule has 1 unspecified atom stereocenters. The van der Waals surface area contributed by atoms with Gasteiger partial charge in [0, 0.05) is 12.1 Å². The molecule has 0 spiro atoms. The molecular weight excluding hydrogens is 453 g/mol. The van der Waals surface area contributed by atoms with Gasteiger partial charge < -0.3 is 9.88 Å². The van der Waals surface area contributed by atoms with Crippen LogP contribution in [-0.2, 0) is 4.79 Å². The Hall–Kier alpha value is -3.17. The zero-order valence-corrected chi connectivity index (χ0v) is 18.8. The molecule has 0 fully saturated rings. The molecule has 2 heterocycles. The highest BCUT2D eigenvalue weighted by Gasteiger charge is 2.19. The van der Waals surface area contributed by atoms with Crippen LogP contribution in [0.2, 0.25) is 5.02 Å². The molecule has 7 nitrogen and oxygen atoms in total. The van der Waals surface area contributed by atoms with Crippen molar-refractivity contribution in [2.24, 2.45) is 0 Å². The molecule has 2 aromatic carbocycles. The van der Waals surface area contributed by atoms with Gasteiger partial charge in [0.2, 0.25) is 5.91 Å². The van der Waals surface area contributed by atoms with Crippen molar-refractivity contribution in [3.05, 3.63) is 81.5 Å². The largest absolute Gasteiger partial charge is 0.338 e. The number of carbonyl (C=O) groups excluding carboxylic acids is 1. The lowest BCUT2D eigenvalue weighted by Gasteiger charge is -2.25. The van der Waals surface area contributed by atoms with Crippen molar-refractivity contribution in [1.29, 1.82) is 0 Å². The van der Waals surface area contributed by atoms with Crippen LogP contribution in [0.4, 0.5) is 4.39 Å². The Morgan fingerprint density at radius 3 is 2.75 bits per heavy atom. The summed E-state index contributed by atoms with van der Waals surface area (Å²) >= 11 is 7.20. The number of aromatic nitrogens is 4. The van der Waals surface area contributed by atoms with Crippen LogP contribution in [0.3, 0.4) is 0 Å². The van der Waals surface area contributed by atoms with Crippen molar-refractivity contribution in [3.8, 4) is 5.69 Å². The molecule has 0 radical (unpaired) electrons. The SMILES string of the molecule is CC(c1ccc(F)cc1)N(C)C(=O)CSc1nc2c(cnn2-c2cccc(Cl)c2)c(=O)[nH]1. The zero-order chi connectivity index (χ0) is 22.8. The Labute approximate surface area is 192 Å². The Morgan fingerprint density at radius 1 is 1.28 bits per heavy atom. The fourth-order valence-corrected chi connectivity index (χ4v) is 4.14. The van der Waals surface area contributed by atoms with Crippen molar-refractivity contribution >= 4 is 40.3 Å². The van der Waals surface area contributed by atoms with E-state index in [0.29, 0.717) is 26.9 Å². The molecule has 164 valence electrons. The molecule has 32 heavy (non-hydrogen) atoms. The second kappa shape index (κ2) is 9.13. The number of thioether (sulfide) groups is 1. The molecule has 0 aliphatic carbocycles. The van der Waals surface area contributed by atoms with Crippen LogP contribution in [-0.4, -0.2) is 43.4 Å². The lowest BCUT2D eigenvalue weighted by Crippen LogP contribution is -2.31. The third kappa shape index (κ3) is 4.53. The maximum atomic E-state index is 13.2. The maximum absolute atomic E-state index is 13.2. The van der Waals surface area contributed by atoms with Gasteiger partial charge in [-0.05, 0) is 42.8 Å². The van der Waals surface area contributed by atoms with Crippen LogP contribution in [0.25, 0.3) is 16.7 Å². The number of halogens is 2. The topological polar surface area (TPSA) is 83.9 Å². The summed E-state index contributed by atoms with van der Waals surface area (Å²) in [5.41, 5.74) is 1.53. The van der Waals surface area contributed by atoms with Crippen LogP contribution >= 0.6 is 23.4 Å². The summed E-state index contributed by atoms with van der Waals surface area (Å²) in [6, 6.07) is 12.9. The molecule has 1 amide bonds. The number of aromatic amines is 1. The summed E-state index contributed by atoms with van der Waals surface area (Å²) in [6.07, 6.45) is 1.44. The molecule has 1 N–H and O–H groups in total. The number of amides is 1. The Bertz CT molecular complexity index is 1340. The minimum atomic E-state index is -0.341. The average molecular weight is 472 g/mol. The van der Waals surface area contributed by atoms with Crippen LogP contribution in [0.1, 0.15) is 18.5 Å². The summed E-state index contributed by atoms with van der Waals surface area (Å²) in [5.74, 6) is -0.409. The fraction of sp³-hybridized carbons (Fsp3) is 0.182. The summed E-state index contributed by atoms with van der Waals surface area (Å²) in [7, 11) is 1.69. The Morgan fingerprint density at radius 2 is 2.03 bits per heavy atom. The molecule has 2 aromatic heterocycles. The molecule has 4 aromatic rings. The van der Waals surface area contributed by atoms with Crippen molar-refractivity contribution < 1.29 is 9.18 Å². The van der Waals surface area contributed by atoms with E-state index in [1.807, 2.05) is 13.0 Å². The van der Waals surface area contributed by atoms with E-state index in [-0.39, 0.29) is 29.1 Å². The molecule has 1 atom stereocenters. The highest BCUT2D eigenvalue weighted by molar-refractivity contribution is 7.99. The smallest absolute Gasteiger partial charge is 0.262 e. The zero-order valence-electron chi connectivity index (χ0n) is 17.3. The van der Waals surface area contributed by atoms with Crippen molar-refractivity contribution in [1.82, 2.24) is 24.6 Å². The van der Waals surface area contributed by atoms with Crippen LogP contribution in [0.15, 0.2) is 64.7 Å². The molecule has 0 aliphatic rings. The second-order valence-electron chi connectivity index (χ2n) is 7.17. The van der Waals surface area contributed by atoms with E-state index in [1.165, 1.54) is 23.0 Å². The van der Waals surface area contributed by atoms with Crippen molar-refractivity contribution in [3.63, 3.8) is 0 Å². The van der Waals surface area contributed by atoms with E-state index < -0.39 is 0 Å². The van der Waals surface area contributed by atoms with E-state index in [0.717, 1.165) is 17.3 Å². The molecule has 0 saturated carbocycles. The third-order valence-electron chi connectivity index (χ3n) is 5.13. The van der Waals surface area contributed by atoms with Gasteiger partial charge in [-0.3, -0.25) is 9.59 Å². The predicted octanol–water partition coefficient (Wildman–Crippen LogP) is 4.21. The summed E-state index contributed by atoms with van der Waals surface area (Å²) in [6.45, 7) is 1.87. The normalized spacial score (nSPS) is 12.1. The number of H-pyrrole nitrogens is 1. The van der Waals surface area contributed by atoms with E-state index in [1.54, 1.807) is 42.3 Å². The number of fused-ring (bicyclic) bond motifs is 1. The number of nitrogens with zero attached hydrogens (tertiary/aromatic N) is 4. The lowest BCUT2D eigenvalue weighted by molar-refractivity contribution is -0.128. The third-order valence-corrected chi connectivity index (χ3v) is 6.22. The molecule has 0 bridgehead atoms. The molecule has 4 rings (SSSR count). The lowest BCUT2D eigenvalue weighted by atomic mass is 10.1. The van der Waals surface area contributed by atoms with Gasteiger partial charge in [-0.2, -0.15) is 5.10 Å². The first-order valence-electron chi connectivity index (χ1n) is 9.71. The number of nitrogens with one attached hydrogen (secondary N) is 1. The summed E-state index contributed by atoms with van der Waals surface area (Å²) < 4.78 is 14.7. The summed E-state index contributed by atoms with van der Waals surface area (Å²) in [4.78, 5) is 34.0. The van der Waals surface area contributed by atoms with Gasteiger partial charge in [0.1, 0.15) is 11.2 Å². The standard InChI is InChI=1S/C22H19ClFN5O2S/c1-13(14-6-8-16(24)9-7-14)28(2)19(30)12-32-22-26-20-18(21(31)27-22)11-25-29(20)17-5-3-4-15(23)10-17/h3-11,13H,12H2,1-2H3,(H,26,27,31). The minimum Gasteiger partial charge on any atom is -0.338 e. The van der Waals surface area contributed by atoms with Gasteiger partial charge >= 0.3 is 0 Å². The Kier molecular flexibility index (Phi) is 6.29. The minimum absolute atomic E-state index is 0.0712. The number of hydrogen-bond donors (Lipinski definition) is 1. The first kappa shape index (κ1) is 22.0. The number of hydrogen-bond acceptors (Lipinski definition) is 5. The van der Waals surface area contributed by atoms with E-state index in [4.69, 9.17) is 11.6 Å². The molecular formula is C22H19ClFN5O2S. The number of carbonyl (C=O) groups is 1. The Balaban J connectivity index is 1.53. The predicted molar refractivity (Wildman–Crippen MR) is 123 cm³/mol. The van der Waals surface area contributed by atoms with Crippen molar-refractivity contribution in [2.45, 2.75) is 18.1 Å².